The lowest BCUT2D eigenvalue weighted by molar-refractivity contribution is 0.100. The van der Waals surface area contributed by atoms with E-state index in [-0.39, 0.29) is 0 Å². The van der Waals surface area contributed by atoms with Gasteiger partial charge < -0.3 is 26.0 Å². The van der Waals surface area contributed by atoms with E-state index in [0.717, 1.165) is 24.5 Å². The first kappa shape index (κ1) is 14.0. The maximum absolute atomic E-state index is 11.4. The standard InChI is InChI=1S/C12H20N4O2S/c1-15(2)7-4-5-16(6-7)12-9(18-3)8(13)10(19-12)11(14)17/h7H,4-6,13H2,1-3H3,(H2,14,17). The summed E-state index contributed by atoms with van der Waals surface area (Å²) in [4.78, 5) is 16.1. The van der Waals surface area contributed by atoms with Gasteiger partial charge >= 0.3 is 0 Å². The summed E-state index contributed by atoms with van der Waals surface area (Å²) in [6.45, 7) is 1.83. The van der Waals surface area contributed by atoms with E-state index in [4.69, 9.17) is 16.2 Å². The van der Waals surface area contributed by atoms with Crippen LogP contribution in [-0.2, 0) is 0 Å². The van der Waals surface area contributed by atoms with E-state index < -0.39 is 5.91 Å². The van der Waals surface area contributed by atoms with Gasteiger partial charge in [-0.3, -0.25) is 4.79 Å². The molecule has 0 aromatic carbocycles. The third kappa shape index (κ3) is 2.48. The smallest absolute Gasteiger partial charge is 0.261 e. The van der Waals surface area contributed by atoms with Crippen LogP contribution in [0.4, 0.5) is 10.7 Å². The molecule has 0 spiro atoms. The summed E-state index contributed by atoms with van der Waals surface area (Å²) in [7, 11) is 5.71. The summed E-state index contributed by atoms with van der Waals surface area (Å²) >= 11 is 1.31. The number of amides is 1. The van der Waals surface area contributed by atoms with Crippen molar-refractivity contribution in [3.05, 3.63) is 4.88 Å². The van der Waals surface area contributed by atoms with Crippen LogP contribution in [0.15, 0.2) is 0 Å². The average molecular weight is 284 g/mol. The minimum absolute atomic E-state index is 0.350. The van der Waals surface area contributed by atoms with E-state index >= 15 is 0 Å². The minimum atomic E-state index is -0.504. The van der Waals surface area contributed by atoms with Crippen molar-refractivity contribution in [3.63, 3.8) is 0 Å². The number of primary amides is 1. The second kappa shape index (κ2) is 5.26. The number of carbonyl (C=O) groups excluding carboxylic acids is 1. The third-order valence-electron chi connectivity index (χ3n) is 3.49. The van der Waals surface area contributed by atoms with Gasteiger partial charge in [0.1, 0.15) is 15.6 Å². The van der Waals surface area contributed by atoms with Gasteiger partial charge in [-0.2, -0.15) is 0 Å². The highest BCUT2D eigenvalue weighted by Gasteiger charge is 2.30. The fraction of sp³-hybridized carbons (Fsp3) is 0.583. The largest absolute Gasteiger partial charge is 0.492 e. The Morgan fingerprint density at radius 3 is 2.68 bits per heavy atom. The maximum Gasteiger partial charge on any atom is 0.261 e. The first-order valence-electron chi connectivity index (χ1n) is 6.13. The predicted octanol–water partition coefficient (Wildman–Crippen LogP) is 0.578. The molecule has 4 N–H and O–H groups in total. The molecule has 0 saturated carbocycles. The Hall–Kier alpha value is -1.47. The Balaban J connectivity index is 2.30. The van der Waals surface area contributed by atoms with Crippen LogP contribution in [0.5, 0.6) is 5.75 Å². The summed E-state index contributed by atoms with van der Waals surface area (Å²) in [5.74, 6) is 0.0635. The number of nitrogens with two attached hydrogens (primary N) is 2. The van der Waals surface area contributed by atoms with Crippen LogP contribution < -0.4 is 21.1 Å². The second-order valence-corrected chi connectivity index (χ2v) is 5.90. The zero-order valence-electron chi connectivity index (χ0n) is 11.5. The number of nitrogens with zero attached hydrogens (tertiary/aromatic N) is 2. The van der Waals surface area contributed by atoms with Crippen LogP contribution in [0.1, 0.15) is 16.1 Å². The van der Waals surface area contributed by atoms with Crippen LogP contribution in [-0.4, -0.2) is 51.1 Å². The van der Waals surface area contributed by atoms with Gasteiger partial charge in [-0.25, -0.2) is 0 Å². The molecule has 1 fully saturated rings. The first-order valence-corrected chi connectivity index (χ1v) is 6.94. The normalized spacial score (nSPS) is 19.2. The molecule has 1 unspecified atom stereocenters. The quantitative estimate of drug-likeness (QED) is 0.845. The maximum atomic E-state index is 11.4. The summed E-state index contributed by atoms with van der Waals surface area (Å²) in [6.07, 6.45) is 1.08. The fourth-order valence-electron chi connectivity index (χ4n) is 2.35. The lowest BCUT2D eigenvalue weighted by atomic mass is 10.2. The molecule has 1 aromatic rings. The topological polar surface area (TPSA) is 84.8 Å². The van der Waals surface area contributed by atoms with Crippen molar-refractivity contribution in [1.82, 2.24) is 4.90 Å². The Labute approximate surface area is 116 Å². The van der Waals surface area contributed by atoms with Crippen LogP contribution in [0.25, 0.3) is 0 Å². The first-order chi connectivity index (χ1) is 8.95. The van der Waals surface area contributed by atoms with E-state index in [1.807, 2.05) is 0 Å². The third-order valence-corrected chi connectivity index (χ3v) is 4.75. The van der Waals surface area contributed by atoms with Gasteiger partial charge in [0, 0.05) is 19.1 Å². The molecule has 1 aromatic heterocycles. The van der Waals surface area contributed by atoms with Crippen LogP contribution >= 0.6 is 11.3 Å². The zero-order chi connectivity index (χ0) is 14.2. The van der Waals surface area contributed by atoms with Crippen LogP contribution in [0.3, 0.4) is 0 Å². The van der Waals surface area contributed by atoms with Gasteiger partial charge in [-0.15, -0.1) is 11.3 Å². The lowest BCUT2D eigenvalue weighted by Crippen LogP contribution is -2.31. The van der Waals surface area contributed by atoms with Crippen molar-refractivity contribution >= 4 is 27.9 Å². The van der Waals surface area contributed by atoms with Crippen molar-refractivity contribution in [1.29, 1.82) is 0 Å². The minimum Gasteiger partial charge on any atom is -0.492 e. The number of anilines is 2. The Kier molecular flexibility index (Phi) is 3.86. The summed E-state index contributed by atoms with van der Waals surface area (Å²) in [5, 5.41) is 0.901. The van der Waals surface area contributed by atoms with Gasteiger partial charge in [0.15, 0.2) is 5.75 Å². The molecule has 0 radical (unpaired) electrons. The molecule has 106 valence electrons. The molecular weight excluding hydrogens is 264 g/mol. The molecule has 19 heavy (non-hydrogen) atoms. The highest BCUT2D eigenvalue weighted by molar-refractivity contribution is 7.19. The molecule has 1 aliphatic heterocycles. The Morgan fingerprint density at radius 2 is 2.21 bits per heavy atom. The van der Waals surface area contributed by atoms with E-state index in [1.54, 1.807) is 7.11 Å². The summed E-state index contributed by atoms with van der Waals surface area (Å²) in [5.41, 5.74) is 11.6. The van der Waals surface area contributed by atoms with Gasteiger partial charge in [-0.1, -0.05) is 0 Å². The molecule has 2 heterocycles. The van der Waals surface area contributed by atoms with Gasteiger partial charge in [0.2, 0.25) is 0 Å². The summed E-state index contributed by atoms with van der Waals surface area (Å²) in [6, 6.07) is 0.505. The van der Waals surface area contributed by atoms with Crippen molar-refractivity contribution < 1.29 is 9.53 Å². The molecule has 6 nitrogen and oxygen atoms in total. The molecular formula is C12H20N4O2S. The van der Waals surface area contributed by atoms with Gasteiger partial charge in [-0.05, 0) is 20.5 Å². The summed E-state index contributed by atoms with van der Waals surface area (Å²) < 4.78 is 5.34. The number of hydrogen-bond donors (Lipinski definition) is 2. The number of nitrogen functional groups attached to an aromatic ring is 1. The number of likely N-dealkylation sites (N-methyl/N-ethyl adjacent to an activating group) is 1. The molecule has 2 rings (SSSR count). The molecule has 7 heteroatoms. The van der Waals surface area contributed by atoms with Crippen molar-refractivity contribution in [2.75, 3.05) is 44.9 Å². The number of methoxy groups -OCH3 is 1. The van der Waals surface area contributed by atoms with Crippen molar-refractivity contribution in [2.24, 2.45) is 5.73 Å². The molecule has 1 saturated heterocycles. The van der Waals surface area contributed by atoms with E-state index in [1.165, 1.54) is 11.3 Å². The second-order valence-electron chi connectivity index (χ2n) is 4.90. The van der Waals surface area contributed by atoms with Crippen molar-refractivity contribution in [2.45, 2.75) is 12.5 Å². The number of rotatable bonds is 4. The van der Waals surface area contributed by atoms with Gasteiger partial charge in [0.05, 0.1) is 7.11 Å². The Morgan fingerprint density at radius 1 is 1.53 bits per heavy atom. The Bertz CT molecular complexity index is 486. The molecule has 1 aliphatic rings. The number of hydrogen-bond acceptors (Lipinski definition) is 6. The lowest BCUT2D eigenvalue weighted by Gasteiger charge is -2.21. The SMILES string of the molecule is COc1c(N2CCC(N(C)C)C2)sc(C(N)=O)c1N. The predicted molar refractivity (Wildman–Crippen MR) is 78.1 cm³/mol. The number of ether oxygens (including phenoxy) is 1. The van der Waals surface area contributed by atoms with E-state index in [9.17, 15) is 4.79 Å². The molecule has 0 bridgehead atoms. The monoisotopic (exact) mass is 284 g/mol. The molecule has 1 atom stereocenters. The fourth-order valence-corrected chi connectivity index (χ4v) is 3.43. The zero-order valence-corrected chi connectivity index (χ0v) is 12.3. The molecule has 1 amide bonds. The van der Waals surface area contributed by atoms with Crippen molar-refractivity contribution in [3.8, 4) is 5.75 Å². The van der Waals surface area contributed by atoms with Crippen LogP contribution in [0.2, 0.25) is 0 Å². The number of thiophene rings is 1. The highest BCUT2D eigenvalue weighted by atomic mass is 32.1. The molecule has 0 aliphatic carbocycles. The number of carbonyl (C=O) groups is 1. The van der Waals surface area contributed by atoms with Crippen LogP contribution in [0, 0.1) is 0 Å². The average Bonchev–Trinajstić information content (AvgIpc) is 2.92. The highest BCUT2D eigenvalue weighted by Crippen LogP contribution is 2.45. The van der Waals surface area contributed by atoms with E-state index in [0.29, 0.717) is 22.4 Å². The van der Waals surface area contributed by atoms with E-state index in [2.05, 4.69) is 23.9 Å². The van der Waals surface area contributed by atoms with Gasteiger partial charge in [0.25, 0.3) is 5.91 Å².